The molecule has 0 saturated heterocycles. The van der Waals surface area contributed by atoms with Crippen LogP contribution in [-0.4, -0.2) is 7.11 Å². The molecule has 2 aromatic carbocycles. The summed E-state index contributed by atoms with van der Waals surface area (Å²) in [6.45, 7) is 2.58. The first kappa shape index (κ1) is 13.0. The molecule has 18 heavy (non-hydrogen) atoms. The molecule has 2 aromatic rings. The van der Waals surface area contributed by atoms with Gasteiger partial charge in [0.2, 0.25) is 0 Å². The highest BCUT2D eigenvalue weighted by molar-refractivity contribution is 9.10. The molecule has 0 bridgehead atoms. The molecule has 2 nitrogen and oxygen atoms in total. The summed E-state index contributed by atoms with van der Waals surface area (Å²) in [6.07, 6.45) is 0. The first-order valence-electron chi connectivity index (χ1n) is 5.71. The van der Waals surface area contributed by atoms with Gasteiger partial charge in [0.05, 0.1) is 11.6 Å². The Morgan fingerprint density at radius 3 is 2.39 bits per heavy atom. The lowest BCUT2D eigenvalue weighted by molar-refractivity contribution is 0.302. The van der Waals surface area contributed by atoms with Gasteiger partial charge in [0.25, 0.3) is 0 Å². The van der Waals surface area contributed by atoms with Crippen molar-refractivity contribution < 1.29 is 9.47 Å². The molecule has 0 aliphatic rings. The Hall–Kier alpha value is -1.48. The monoisotopic (exact) mass is 306 g/mol. The van der Waals surface area contributed by atoms with Crippen molar-refractivity contribution in [2.24, 2.45) is 0 Å². The van der Waals surface area contributed by atoms with E-state index in [9.17, 15) is 0 Å². The SMILES string of the molecule is COc1ccc(COc2c(C)cccc2Br)cc1. The summed E-state index contributed by atoms with van der Waals surface area (Å²) >= 11 is 3.50. The van der Waals surface area contributed by atoms with Crippen molar-refractivity contribution in [3.8, 4) is 11.5 Å². The maximum Gasteiger partial charge on any atom is 0.136 e. The van der Waals surface area contributed by atoms with E-state index in [0.717, 1.165) is 27.1 Å². The second-order valence-corrected chi connectivity index (χ2v) is 4.88. The summed E-state index contributed by atoms with van der Waals surface area (Å²) < 4.78 is 11.9. The van der Waals surface area contributed by atoms with Crippen LogP contribution in [0.4, 0.5) is 0 Å². The van der Waals surface area contributed by atoms with E-state index in [2.05, 4.69) is 15.9 Å². The van der Waals surface area contributed by atoms with Crippen molar-refractivity contribution >= 4 is 15.9 Å². The van der Waals surface area contributed by atoms with Crippen molar-refractivity contribution in [2.75, 3.05) is 7.11 Å². The Labute approximate surface area is 116 Å². The fraction of sp³-hybridized carbons (Fsp3) is 0.200. The normalized spacial score (nSPS) is 10.2. The molecular formula is C15H15BrO2. The van der Waals surface area contributed by atoms with Crippen LogP contribution in [0, 0.1) is 6.92 Å². The molecule has 0 aromatic heterocycles. The van der Waals surface area contributed by atoms with E-state index in [-0.39, 0.29) is 0 Å². The highest BCUT2D eigenvalue weighted by Crippen LogP contribution is 2.29. The molecule has 0 atom stereocenters. The van der Waals surface area contributed by atoms with Crippen molar-refractivity contribution in [2.45, 2.75) is 13.5 Å². The molecule has 3 heteroatoms. The van der Waals surface area contributed by atoms with E-state index in [1.807, 2.05) is 49.4 Å². The molecule has 94 valence electrons. The lowest BCUT2D eigenvalue weighted by Crippen LogP contribution is -1.97. The van der Waals surface area contributed by atoms with Gasteiger partial charge >= 0.3 is 0 Å². The fourth-order valence-corrected chi connectivity index (χ4v) is 2.26. The minimum absolute atomic E-state index is 0.549. The van der Waals surface area contributed by atoms with Gasteiger partial charge in [-0.1, -0.05) is 24.3 Å². The average molecular weight is 307 g/mol. The molecule has 0 N–H and O–H groups in total. The van der Waals surface area contributed by atoms with Crippen LogP contribution in [0.15, 0.2) is 46.9 Å². The Kier molecular flexibility index (Phi) is 4.26. The Bertz CT molecular complexity index is 500. The number of rotatable bonds is 4. The molecule has 0 fully saturated rings. The summed E-state index contributed by atoms with van der Waals surface area (Å²) in [7, 11) is 1.66. The Morgan fingerprint density at radius 2 is 1.78 bits per heavy atom. The van der Waals surface area contributed by atoms with Gasteiger partial charge in [-0.05, 0) is 52.2 Å². The predicted octanol–water partition coefficient (Wildman–Crippen LogP) is 4.35. The molecule has 2 rings (SSSR count). The maximum absolute atomic E-state index is 5.84. The van der Waals surface area contributed by atoms with Gasteiger partial charge < -0.3 is 9.47 Å². The summed E-state index contributed by atoms with van der Waals surface area (Å²) in [6, 6.07) is 13.9. The van der Waals surface area contributed by atoms with Gasteiger partial charge in [0, 0.05) is 0 Å². The number of para-hydroxylation sites is 1. The summed E-state index contributed by atoms with van der Waals surface area (Å²) in [5, 5.41) is 0. The molecule has 0 heterocycles. The molecule has 0 amide bonds. The van der Waals surface area contributed by atoms with E-state index >= 15 is 0 Å². The molecule has 0 spiro atoms. The van der Waals surface area contributed by atoms with Crippen LogP contribution < -0.4 is 9.47 Å². The van der Waals surface area contributed by atoms with Gasteiger partial charge in [-0.2, -0.15) is 0 Å². The van der Waals surface area contributed by atoms with Crippen LogP contribution in [-0.2, 0) is 6.61 Å². The number of hydrogen-bond donors (Lipinski definition) is 0. The minimum atomic E-state index is 0.549. The van der Waals surface area contributed by atoms with Crippen LogP contribution in [0.1, 0.15) is 11.1 Å². The maximum atomic E-state index is 5.84. The van der Waals surface area contributed by atoms with Gasteiger partial charge in [0.15, 0.2) is 0 Å². The molecule has 0 unspecified atom stereocenters. The highest BCUT2D eigenvalue weighted by atomic mass is 79.9. The predicted molar refractivity (Wildman–Crippen MR) is 76.2 cm³/mol. The number of hydrogen-bond acceptors (Lipinski definition) is 2. The smallest absolute Gasteiger partial charge is 0.136 e. The van der Waals surface area contributed by atoms with Gasteiger partial charge in [-0.3, -0.25) is 0 Å². The van der Waals surface area contributed by atoms with Gasteiger partial charge in [-0.25, -0.2) is 0 Å². The zero-order valence-corrected chi connectivity index (χ0v) is 12.0. The molecular weight excluding hydrogens is 292 g/mol. The van der Waals surface area contributed by atoms with Crippen molar-refractivity contribution in [3.05, 3.63) is 58.1 Å². The number of methoxy groups -OCH3 is 1. The average Bonchev–Trinajstić information content (AvgIpc) is 2.39. The van der Waals surface area contributed by atoms with Crippen LogP contribution >= 0.6 is 15.9 Å². The lowest BCUT2D eigenvalue weighted by atomic mass is 10.2. The zero-order chi connectivity index (χ0) is 13.0. The van der Waals surface area contributed by atoms with Crippen LogP contribution in [0.2, 0.25) is 0 Å². The largest absolute Gasteiger partial charge is 0.497 e. The van der Waals surface area contributed by atoms with E-state index < -0.39 is 0 Å². The molecule has 0 radical (unpaired) electrons. The van der Waals surface area contributed by atoms with Crippen molar-refractivity contribution in [3.63, 3.8) is 0 Å². The Morgan fingerprint density at radius 1 is 1.06 bits per heavy atom. The molecule has 0 saturated carbocycles. The number of ether oxygens (including phenoxy) is 2. The second-order valence-electron chi connectivity index (χ2n) is 4.02. The third-order valence-corrected chi connectivity index (χ3v) is 3.33. The molecule has 0 aliphatic heterocycles. The van der Waals surface area contributed by atoms with E-state index in [1.165, 1.54) is 0 Å². The summed E-state index contributed by atoms with van der Waals surface area (Å²) in [5.41, 5.74) is 2.24. The number of halogens is 1. The van der Waals surface area contributed by atoms with Crippen LogP contribution in [0.5, 0.6) is 11.5 Å². The first-order valence-corrected chi connectivity index (χ1v) is 6.51. The summed E-state index contributed by atoms with van der Waals surface area (Å²) in [4.78, 5) is 0. The minimum Gasteiger partial charge on any atom is -0.497 e. The third kappa shape index (κ3) is 3.05. The summed E-state index contributed by atoms with van der Waals surface area (Å²) in [5.74, 6) is 1.75. The molecule has 0 aliphatic carbocycles. The van der Waals surface area contributed by atoms with Crippen molar-refractivity contribution in [1.29, 1.82) is 0 Å². The number of aryl methyl sites for hydroxylation is 1. The van der Waals surface area contributed by atoms with Crippen molar-refractivity contribution in [1.82, 2.24) is 0 Å². The van der Waals surface area contributed by atoms with E-state index in [1.54, 1.807) is 7.11 Å². The highest BCUT2D eigenvalue weighted by Gasteiger charge is 2.04. The van der Waals surface area contributed by atoms with Crippen LogP contribution in [0.3, 0.4) is 0 Å². The number of benzene rings is 2. The lowest BCUT2D eigenvalue weighted by Gasteiger charge is -2.11. The standard InChI is InChI=1S/C15H15BrO2/c1-11-4-3-5-14(16)15(11)18-10-12-6-8-13(17-2)9-7-12/h3-9H,10H2,1-2H3. The topological polar surface area (TPSA) is 18.5 Å². The van der Waals surface area contributed by atoms with E-state index in [4.69, 9.17) is 9.47 Å². The first-order chi connectivity index (χ1) is 8.70. The third-order valence-electron chi connectivity index (χ3n) is 2.71. The van der Waals surface area contributed by atoms with Gasteiger partial charge in [-0.15, -0.1) is 0 Å². The fourth-order valence-electron chi connectivity index (χ4n) is 1.68. The quantitative estimate of drug-likeness (QED) is 0.836. The second kappa shape index (κ2) is 5.91. The van der Waals surface area contributed by atoms with Gasteiger partial charge in [0.1, 0.15) is 18.1 Å². The Balaban J connectivity index is 2.06. The van der Waals surface area contributed by atoms with Crippen LogP contribution in [0.25, 0.3) is 0 Å². The zero-order valence-electron chi connectivity index (χ0n) is 10.4. The van der Waals surface area contributed by atoms with E-state index in [0.29, 0.717) is 6.61 Å².